The van der Waals surface area contributed by atoms with Crippen LogP contribution in [0.25, 0.3) is 0 Å². The lowest BCUT2D eigenvalue weighted by atomic mass is 9.71. The molecule has 4 atom stereocenters. The summed E-state index contributed by atoms with van der Waals surface area (Å²) in [6.07, 6.45) is -8.99. The zero-order valence-corrected chi connectivity index (χ0v) is 18.3. The fourth-order valence-corrected chi connectivity index (χ4v) is 4.84. The molecule has 3 nitrogen and oxygen atoms in total. The molecule has 2 N–H and O–H groups in total. The minimum absolute atomic E-state index is 0.131. The van der Waals surface area contributed by atoms with E-state index in [1.165, 1.54) is 19.9 Å². The summed E-state index contributed by atoms with van der Waals surface area (Å²) in [6.45, 7) is 8.53. The van der Waals surface area contributed by atoms with Crippen LogP contribution in [0.1, 0.15) is 75.5 Å². The molecule has 0 aromatic heterocycles. The van der Waals surface area contributed by atoms with Crippen LogP contribution in [-0.2, 0) is 16.6 Å². The molecule has 1 saturated carbocycles. The maximum Gasteiger partial charge on any atom is 0.423 e. The lowest BCUT2D eigenvalue weighted by molar-refractivity contribution is -0.283. The number of nitrogens with one attached hydrogen (secondary N) is 1. The van der Waals surface area contributed by atoms with Crippen LogP contribution in [0.15, 0.2) is 30.4 Å². The van der Waals surface area contributed by atoms with Gasteiger partial charge in [-0.3, -0.25) is 4.84 Å². The number of hydrogen-bond acceptors (Lipinski definition) is 3. The quantitative estimate of drug-likeness (QED) is 0.379. The van der Waals surface area contributed by atoms with Crippen molar-refractivity contribution in [3.63, 3.8) is 0 Å². The summed E-state index contributed by atoms with van der Waals surface area (Å²) in [6, 6.07) is 2.71. The van der Waals surface area contributed by atoms with Crippen molar-refractivity contribution in [1.29, 1.82) is 0 Å². The van der Waals surface area contributed by atoms with E-state index in [1.54, 1.807) is 6.92 Å². The average molecular weight is 465 g/mol. The van der Waals surface area contributed by atoms with Crippen LogP contribution >= 0.6 is 0 Å². The highest BCUT2D eigenvalue weighted by Gasteiger charge is 2.66. The Bertz CT molecular complexity index is 861. The van der Waals surface area contributed by atoms with E-state index in [1.807, 2.05) is 0 Å². The van der Waals surface area contributed by atoms with E-state index in [0.29, 0.717) is 24.5 Å². The van der Waals surface area contributed by atoms with E-state index in [9.17, 15) is 31.4 Å². The smallest absolute Gasteiger partial charge is 0.393 e. The third-order valence-corrected chi connectivity index (χ3v) is 6.80. The Morgan fingerprint density at radius 3 is 2.28 bits per heavy atom. The fourth-order valence-electron chi connectivity index (χ4n) is 4.84. The number of aliphatic hydroxyl groups is 1. The Balaban J connectivity index is 2.13. The van der Waals surface area contributed by atoms with E-state index in [-0.39, 0.29) is 17.9 Å². The SMILES string of the molecule is C=C(C)[C@H](C[C@@H](C)O)C1(C)CC(c2cc(C3CCC3)cc(C(F)(F)F)c2)(C(F)(F)F)ON1. The minimum Gasteiger partial charge on any atom is -0.393 e. The van der Waals surface area contributed by atoms with Crippen molar-refractivity contribution in [2.75, 3.05) is 0 Å². The standard InChI is InChI=1S/C23H29F6NO2/c1-13(2)19(8-14(3)31)20(4)12-21(32-30-20,23(27,28)29)17-9-16(15-6-5-7-15)10-18(11-17)22(24,25)26/h9-11,14-15,19,30-31H,1,5-8,12H2,2-4H3/t14-,19+,20?,21?/m1/s1. The first kappa shape index (κ1) is 25.1. The Kier molecular flexibility index (Phi) is 6.52. The van der Waals surface area contributed by atoms with Crippen molar-refractivity contribution in [2.45, 2.75) is 88.4 Å². The van der Waals surface area contributed by atoms with Gasteiger partial charge in [0, 0.05) is 12.3 Å². The summed E-state index contributed by atoms with van der Waals surface area (Å²) in [5.74, 6) is -0.788. The monoisotopic (exact) mass is 465 g/mol. The molecule has 32 heavy (non-hydrogen) atoms. The number of aliphatic hydroxyl groups excluding tert-OH is 1. The van der Waals surface area contributed by atoms with Crippen LogP contribution in [0, 0.1) is 5.92 Å². The van der Waals surface area contributed by atoms with Crippen molar-refractivity contribution < 1.29 is 36.3 Å². The number of hydroxylamine groups is 1. The van der Waals surface area contributed by atoms with E-state index in [0.717, 1.165) is 12.5 Å². The number of alkyl halides is 6. The predicted octanol–water partition coefficient (Wildman–Crippen LogP) is 6.38. The summed E-state index contributed by atoms with van der Waals surface area (Å²) < 4.78 is 84.3. The molecule has 2 aliphatic rings. The van der Waals surface area contributed by atoms with Gasteiger partial charge in [0.25, 0.3) is 0 Å². The molecule has 1 heterocycles. The predicted molar refractivity (Wildman–Crippen MR) is 108 cm³/mol. The van der Waals surface area contributed by atoms with Gasteiger partial charge in [-0.2, -0.15) is 31.8 Å². The Labute approximate surface area is 183 Å². The van der Waals surface area contributed by atoms with Gasteiger partial charge in [0.1, 0.15) is 0 Å². The molecule has 1 aromatic carbocycles. The first-order valence-electron chi connectivity index (χ1n) is 10.7. The van der Waals surface area contributed by atoms with E-state index in [4.69, 9.17) is 4.84 Å². The van der Waals surface area contributed by atoms with Crippen molar-refractivity contribution in [3.8, 4) is 0 Å². The molecule has 0 radical (unpaired) electrons. The second-order valence-corrected chi connectivity index (χ2v) is 9.58. The molecule has 180 valence electrons. The molecule has 0 bridgehead atoms. The van der Waals surface area contributed by atoms with Gasteiger partial charge in [-0.05, 0) is 69.2 Å². The van der Waals surface area contributed by atoms with Gasteiger partial charge in [-0.15, -0.1) is 0 Å². The third kappa shape index (κ3) is 4.56. The molecule has 9 heteroatoms. The van der Waals surface area contributed by atoms with E-state index in [2.05, 4.69) is 12.1 Å². The molecule has 3 rings (SSSR count). The molecular weight excluding hydrogens is 436 g/mol. The van der Waals surface area contributed by atoms with Gasteiger partial charge >= 0.3 is 12.4 Å². The zero-order chi connectivity index (χ0) is 24.1. The van der Waals surface area contributed by atoms with Crippen LogP contribution in [0.4, 0.5) is 26.3 Å². The van der Waals surface area contributed by atoms with Crippen LogP contribution < -0.4 is 5.48 Å². The van der Waals surface area contributed by atoms with Gasteiger partial charge < -0.3 is 5.11 Å². The minimum atomic E-state index is -4.98. The highest BCUT2D eigenvalue weighted by molar-refractivity contribution is 5.39. The highest BCUT2D eigenvalue weighted by atomic mass is 19.4. The largest absolute Gasteiger partial charge is 0.423 e. The van der Waals surface area contributed by atoms with Gasteiger partial charge in [-0.25, -0.2) is 0 Å². The van der Waals surface area contributed by atoms with E-state index < -0.39 is 53.1 Å². The lowest BCUT2D eigenvalue weighted by Crippen LogP contribution is -2.46. The number of halogens is 6. The average Bonchev–Trinajstić information content (AvgIpc) is 2.97. The molecule has 0 spiro atoms. The fraction of sp³-hybridized carbons (Fsp3) is 0.652. The van der Waals surface area contributed by atoms with Crippen LogP contribution in [0.5, 0.6) is 0 Å². The first-order valence-corrected chi connectivity index (χ1v) is 10.7. The molecule has 2 fully saturated rings. The second-order valence-electron chi connectivity index (χ2n) is 9.58. The topological polar surface area (TPSA) is 41.5 Å². The summed E-state index contributed by atoms with van der Waals surface area (Å²) in [4.78, 5) is 5.21. The maximum atomic E-state index is 14.5. The summed E-state index contributed by atoms with van der Waals surface area (Å²) >= 11 is 0. The molecule has 1 aliphatic heterocycles. The van der Waals surface area contributed by atoms with Crippen LogP contribution in [0.3, 0.4) is 0 Å². The highest BCUT2D eigenvalue weighted by Crippen LogP contribution is 2.54. The van der Waals surface area contributed by atoms with Crippen molar-refractivity contribution in [3.05, 3.63) is 47.0 Å². The summed E-state index contributed by atoms with van der Waals surface area (Å²) in [7, 11) is 0. The van der Waals surface area contributed by atoms with Crippen LogP contribution in [0.2, 0.25) is 0 Å². The van der Waals surface area contributed by atoms with Crippen molar-refractivity contribution in [2.24, 2.45) is 5.92 Å². The Morgan fingerprint density at radius 1 is 1.22 bits per heavy atom. The Morgan fingerprint density at radius 2 is 1.84 bits per heavy atom. The molecule has 2 unspecified atom stereocenters. The summed E-state index contributed by atoms with van der Waals surface area (Å²) in [5.41, 5.74) is -2.67. The van der Waals surface area contributed by atoms with Gasteiger partial charge in [0.05, 0.1) is 17.2 Å². The van der Waals surface area contributed by atoms with E-state index >= 15 is 0 Å². The van der Waals surface area contributed by atoms with Gasteiger partial charge in [-0.1, -0.05) is 24.6 Å². The molecule has 0 amide bonds. The molecular formula is C23H29F6NO2. The van der Waals surface area contributed by atoms with Gasteiger partial charge in [0.15, 0.2) is 0 Å². The maximum absolute atomic E-state index is 14.5. The Hall–Kier alpha value is -1.58. The summed E-state index contributed by atoms with van der Waals surface area (Å²) in [5, 5.41) is 9.85. The number of hydrogen-bond donors (Lipinski definition) is 2. The number of benzene rings is 1. The second kappa shape index (κ2) is 8.33. The van der Waals surface area contributed by atoms with Crippen molar-refractivity contribution >= 4 is 0 Å². The molecule has 1 saturated heterocycles. The first-order chi connectivity index (χ1) is 14.6. The van der Waals surface area contributed by atoms with Crippen LogP contribution in [-0.4, -0.2) is 22.9 Å². The van der Waals surface area contributed by atoms with Crippen molar-refractivity contribution in [1.82, 2.24) is 5.48 Å². The van der Waals surface area contributed by atoms with Gasteiger partial charge in [0.2, 0.25) is 5.60 Å². The normalized spacial score (nSPS) is 28.9. The molecule has 1 aromatic rings. The molecule has 1 aliphatic carbocycles. The number of rotatable bonds is 6. The zero-order valence-electron chi connectivity index (χ0n) is 18.3. The third-order valence-electron chi connectivity index (χ3n) is 6.80. The lowest BCUT2D eigenvalue weighted by Gasteiger charge is -2.36.